The first-order valence-electron chi connectivity index (χ1n) is 7.98. The molecule has 0 saturated carbocycles. The van der Waals surface area contributed by atoms with Crippen molar-refractivity contribution < 1.29 is 0 Å². The van der Waals surface area contributed by atoms with E-state index in [0.29, 0.717) is 5.56 Å². The van der Waals surface area contributed by atoms with Gasteiger partial charge < -0.3 is 10.3 Å². The molecule has 0 fully saturated rings. The predicted molar refractivity (Wildman–Crippen MR) is 92.3 cm³/mol. The SMILES string of the molecule is CCCCn1c(C)cc(C)c(C(N)c2ccc(C)cc2)c1=O. The fraction of sp³-hybridized carbons (Fsp3) is 0.421. The van der Waals surface area contributed by atoms with Crippen LogP contribution in [0.5, 0.6) is 0 Å². The van der Waals surface area contributed by atoms with Crippen molar-refractivity contribution in [1.82, 2.24) is 4.57 Å². The number of aromatic nitrogens is 1. The van der Waals surface area contributed by atoms with E-state index in [1.807, 2.05) is 49.6 Å². The number of aryl methyl sites for hydroxylation is 3. The van der Waals surface area contributed by atoms with Crippen LogP contribution in [0.1, 0.15) is 53.8 Å². The molecule has 0 radical (unpaired) electrons. The van der Waals surface area contributed by atoms with E-state index in [4.69, 9.17) is 5.73 Å². The number of benzene rings is 1. The smallest absolute Gasteiger partial charge is 0.256 e. The Morgan fingerprint density at radius 1 is 1.14 bits per heavy atom. The Bertz CT molecular complexity index is 699. The van der Waals surface area contributed by atoms with Gasteiger partial charge in [-0.1, -0.05) is 43.2 Å². The van der Waals surface area contributed by atoms with Crippen LogP contribution in [0.25, 0.3) is 0 Å². The summed E-state index contributed by atoms with van der Waals surface area (Å²) >= 11 is 0. The van der Waals surface area contributed by atoms with Crippen LogP contribution in [0.15, 0.2) is 35.1 Å². The van der Waals surface area contributed by atoms with E-state index in [9.17, 15) is 4.79 Å². The molecule has 3 nitrogen and oxygen atoms in total. The Balaban J connectivity index is 2.49. The van der Waals surface area contributed by atoms with Gasteiger partial charge in [0.15, 0.2) is 0 Å². The normalized spacial score (nSPS) is 12.4. The molecule has 1 aromatic carbocycles. The number of unbranched alkanes of at least 4 members (excludes halogenated alkanes) is 1. The van der Waals surface area contributed by atoms with Crippen molar-refractivity contribution in [2.45, 2.75) is 53.1 Å². The highest BCUT2D eigenvalue weighted by atomic mass is 16.1. The maximum absolute atomic E-state index is 12.9. The molecule has 3 heteroatoms. The summed E-state index contributed by atoms with van der Waals surface area (Å²) in [6.07, 6.45) is 2.07. The van der Waals surface area contributed by atoms with Gasteiger partial charge in [-0.05, 0) is 44.4 Å². The summed E-state index contributed by atoms with van der Waals surface area (Å²) in [5, 5.41) is 0. The number of nitrogens with two attached hydrogens (primary N) is 1. The molecule has 0 amide bonds. The Morgan fingerprint density at radius 2 is 1.77 bits per heavy atom. The molecule has 1 unspecified atom stereocenters. The average Bonchev–Trinajstić information content (AvgIpc) is 2.47. The Morgan fingerprint density at radius 3 is 2.36 bits per heavy atom. The van der Waals surface area contributed by atoms with Gasteiger partial charge in [-0.25, -0.2) is 0 Å². The van der Waals surface area contributed by atoms with Crippen LogP contribution in [0.2, 0.25) is 0 Å². The van der Waals surface area contributed by atoms with Gasteiger partial charge in [0, 0.05) is 17.8 Å². The van der Waals surface area contributed by atoms with Gasteiger partial charge in [0.25, 0.3) is 5.56 Å². The molecule has 0 saturated heterocycles. The van der Waals surface area contributed by atoms with Gasteiger partial charge in [0.2, 0.25) is 0 Å². The molecule has 1 aromatic heterocycles. The second kappa shape index (κ2) is 6.93. The monoisotopic (exact) mass is 298 g/mol. The molecule has 2 rings (SSSR count). The summed E-state index contributed by atoms with van der Waals surface area (Å²) in [5.41, 5.74) is 11.3. The summed E-state index contributed by atoms with van der Waals surface area (Å²) in [5.74, 6) is 0. The minimum Gasteiger partial charge on any atom is -0.320 e. The van der Waals surface area contributed by atoms with Crippen LogP contribution in [-0.4, -0.2) is 4.57 Å². The fourth-order valence-corrected chi connectivity index (χ4v) is 2.86. The first-order valence-corrected chi connectivity index (χ1v) is 7.98. The van der Waals surface area contributed by atoms with Crippen LogP contribution in [0, 0.1) is 20.8 Å². The summed E-state index contributed by atoms with van der Waals surface area (Å²) in [4.78, 5) is 12.9. The van der Waals surface area contributed by atoms with Gasteiger partial charge >= 0.3 is 0 Å². The first kappa shape index (κ1) is 16.5. The van der Waals surface area contributed by atoms with Gasteiger partial charge in [0.05, 0.1) is 6.04 Å². The third-order valence-electron chi connectivity index (χ3n) is 4.23. The van der Waals surface area contributed by atoms with Crippen LogP contribution in [0.3, 0.4) is 0 Å². The van der Waals surface area contributed by atoms with Gasteiger partial charge in [-0.2, -0.15) is 0 Å². The van der Waals surface area contributed by atoms with Crippen LogP contribution >= 0.6 is 0 Å². The molecule has 118 valence electrons. The fourth-order valence-electron chi connectivity index (χ4n) is 2.86. The van der Waals surface area contributed by atoms with E-state index in [0.717, 1.165) is 36.2 Å². The van der Waals surface area contributed by atoms with Crippen molar-refractivity contribution >= 4 is 0 Å². The molecular weight excluding hydrogens is 272 g/mol. The van der Waals surface area contributed by atoms with Crippen molar-refractivity contribution in [2.75, 3.05) is 0 Å². The molecule has 0 aliphatic heterocycles. The molecule has 0 bridgehead atoms. The zero-order valence-corrected chi connectivity index (χ0v) is 14.0. The Kier molecular flexibility index (Phi) is 5.19. The topological polar surface area (TPSA) is 48.0 Å². The van der Waals surface area contributed by atoms with Crippen LogP contribution in [-0.2, 0) is 6.54 Å². The average molecular weight is 298 g/mol. The number of hydrogen-bond acceptors (Lipinski definition) is 2. The summed E-state index contributed by atoms with van der Waals surface area (Å²) in [7, 11) is 0. The lowest BCUT2D eigenvalue weighted by molar-refractivity contribution is 0.589. The predicted octanol–water partition coefficient (Wildman–Crippen LogP) is 3.62. The molecule has 1 heterocycles. The standard InChI is InChI=1S/C19H26N2O/c1-5-6-11-21-15(4)12-14(3)17(19(21)22)18(20)16-9-7-13(2)8-10-16/h7-10,12,18H,5-6,11,20H2,1-4H3. The number of pyridine rings is 1. The van der Waals surface area contributed by atoms with Gasteiger partial charge in [-0.3, -0.25) is 4.79 Å². The van der Waals surface area contributed by atoms with E-state index in [1.165, 1.54) is 5.56 Å². The molecule has 1 atom stereocenters. The maximum atomic E-state index is 12.9. The third-order valence-corrected chi connectivity index (χ3v) is 4.23. The van der Waals surface area contributed by atoms with E-state index >= 15 is 0 Å². The molecule has 0 spiro atoms. The molecule has 0 aliphatic carbocycles. The van der Waals surface area contributed by atoms with Crippen molar-refractivity contribution in [2.24, 2.45) is 5.73 Å². The summed E-state index contributed by atoms with van der Waals surface area (Å²) in [6, 6.07) is 9.79. The minimum absolute atomic E-state index is 0.0547. The van der Waals surface area contributed by atoms with Crippen molar-refractivity contribution in [3.63, 3.8) is 0 Å². The first-order chi connectivity index (χ1) is 10.5. The molecule has 0 aliphatic rings. The largest absolute Gasteiger partial charge is 0.320 e. The highest BCUT2D eigenvalue weighted by molar-refractivity contribution is 5.37. The lowest BCUT2D eigenvalue weighted by Crippen LogP contribution is -2.31. The van der Waals surface area contributed by atoms with E-state index in [-0.39, 0.29) is 11.6 Å². The molecule has 2 N–H and O–H groups in total. The Hall–Kier alpha value is -1.87. The number of nitrogens with zero attached hydrogens (tertiary/aromatic N) is 1. The minimum atomic E-state index is -0.374. The molecule has 22 heavy (non-hydrogen) atoms. The highest BCUT2D eigenvalue weighted by Crippen LogP contribution is 2.21. The Labute approximate surface area is 132 Å². The molecule has 2 aromatic rings. The van der Waals surface area contributed by atoms with Crippen LogP contribution < -0.4 is 11.3 Å². The zero-order valence-electron chi connectivity index (χ0n) is 14.0. The summed E-state index contributed by atoms with van der Waals surface area (Å²) in [6.45, 7) is 8.90. The quantitative estimate of drug-likeness (QED) is 0.916. The second-order valence-corrected chi connectivity index (χ2v) is 6.08. The maximum Gasteiger partial charge on any atom is 0.256 e. The highest BCUT2D eigenvalue weighted by Gasteiger charge is 2.18. The lowest BCUT2D eigenvalue weighted by Gasteiger charge is -2.19. The van der Waals surface area contributed by atoms with E-state index < -0.39 is 0 Å². The summed E-state index contributed by atoms with van der Waals surface area (Å²) < 4.78 is 1.86. The number of hydrogen-bond donors (Lipinski definition) is 1. The second-order valence-electron chi connectivity index (χ2n) is 6.08. The van der Waals surface area contributed by atoms with E-state index in [1.54, 1.807) is 0 Å². The van der Waals surface area contributed by atoms with Gasteiger partial charge in [-0.15, -0.1) is 0 Å². The van der Waals surface area contributed by atoms with Crippen molar-refractivity contribution in [1.29, 1.82) is 0 Å². The van der Waals surface area contributed by atoms with E-state index in [2.05, 4.69) is 13.0 Å². The number of rotatable bonds is 5. The zero-order chi connectivity index (χ0) is 16.3. The lowest BCUT2D eigenvalue weighted by atomic mass is 9.96. The van der Waals surface area contributed by atoms with Crippen LogP contribution in [0.4, 0.5) is 0 Å². The van der Waals surface area contributed by atoms with Crippen molar-refractivity contribution in [3.05, 3.63) is 68.6 Å². The third kappa shape index (κ3) is 3.30. The molecular formula is C19H26N2O. The van der Waals surface area contributed by atoms with Crippen molar-refractivity contribution in [3.8, 4) is 0 Å². The van der Waals surface area contributed by atoms with Gasteiger partial charge in [0.1, 0.15) is 0 Å².